The Hall–Kier alpha value is -1.45. The van der Waals surface area contributed by atoms with Crippen molar-refractivity contribution in [1.82, 2.24) is 14.5 Å². The summed E-state index contributed by atoms with van der Waals surface area (Å²) in [5.41, 5.74) is 0. The molecule has 1 aromatic rings. The van der Waals surface area contributed by atoms with Crippen molar-refractivity contribution in [3.8, 4) is 0 Å². The summed E-state index contributed by atoms with van der Waals surface area (Å²) in [5, 5.41) is 3.97. The maximum absolute atomic E-state index is 12.9. The zero-order valence-corrected chi connectivity index (χ0v) is 14.6. The zero-order chi connectivity index (χ0) is 16.8. The van der Waals surface area contributed by atoms with E-state index in [4.69, 9.17) is 0 Å². The molecule has 7 nitrogen and oxygen atoms in total. The largest absolute Gasteiger partial charge is 0.354 e. The van der Waals surface area contributed by atoms with Crippen LogP contribution in [0.2, 0.25) is 0 Å². The van der Waals surface area contributed by atoms with E-state index >= 15 is 0 Å². The van der Waals surface area contributed by atoms with E-state index in [0.717, 1.165) is 24.2 Å². The molecule has 1 N–H and O–H groups in total. The van der Waals surface area contributed by atoms with Gasteiger partial charge >= 0.3 is 0 Å². The van der Waals surface area contributed by atoms with Crippen LogP contribution in [0, 0.1) is 5.92 Å². The molecular weight excluding hydrogens is 338 g/mol. The molecule has 2 bridgehead atoms. The number of carbonyl (C=O) groups excluding carboxylic acids is 2. The molecule has 2 amide bonds. The lowest BCUT2D eigenvalue weighted by Gasteiger charge is -2.32. The first-order valence-electron chi connectivity index (χ1n) is 7.42. The lowest BCUT2D eigenvalue weighted by atomic mass is 9.95. The molecule has 0 aromatic carbocycles. The van der Waals surface area contributed by atoms with Gasteiger partial charge < -0.3 is 10.2 Å². The Labute approximate surface area is 139 Å². The summed E-state index contributed by atoms with van der Waals surface area (Å²) in [4.78, 5) is 26.0. The van der Waals surface area contributed by atoms with Crippen molar-refractivity contribution >= 4 is 33.2 Å². The van der Waals surface area contributed by atoms with Gasteiger partial charge in [-0.25, -0.2) is 8.42 Å². The molecule has 0 unspecified atom stereocenters. The molecule has 4 rings (SSSR count). The lowest BCUT2D eigenvalue weighted by molar-refractivity contribution is -0.138. The maximum Gasteiger partial charge on any atom is 0.261 e. The molecule has 9 heteroatoms. The highest BCUT2D eigenvalue weighted by atomic mass is 32.2. The molecular formula is C14H19N3O4S2. The van der Waals surface area contributed by atoms with Crippen LogP contribution in [0.25, 0.3) is 0 Å². The number of fused-ring (bicyclic) bond motifs is 4. The van der Waals surface area contributed by atoms with Crippen molar-refractivity contribution in [3.63, 3.8) is 0 Å². The first-order chi connectivity index (χ1) is 10.8. The van der Waals surface area contributed by atoms with Gasteiger partial charge in [0.2, 0.25) is 15.9 Å². The Bertz CT molecular complexity index is 743. The third-order valence-corrected chi connectivity index (χ3v) is 7.48. The number of rotatable bonds is 3. The highest BCUT2D eigenvalue weighted by molar-refractivity contribution is 7.89. The Balaban J connectivity index is 1.90. The zero-order valence-electron chi connectivity index (χ0n) is 13.0. The van der Waals surface area contributed by atoms with E-state index in [1.54, 1.807) is 11.9 Å². The van der Waals surface area contributed by atoms with E-state index < -0.39 is 10.0 Å². The van der Waals surface area contributed by atoms with E-state index in [0.29, 0.717) is 11.4 Å². The van der Waals surface area contributed by atoms with Crippen molar-refractivity contribution in [1.29, 1.82) is 0 Å². The van der Waals surface area contributed by atoms with Crippen molar-refractivity contribution in [3.05, 3.63) is 16.3 Å². The van der Waals surface area contributed by atoms with Crippen LogP contribution in [0.15, 0.2) is 16.3 Å². The average molecular weight is 357 g/mol. The topological polar surface area (TPSA) is 86.8 Å². The van der Waals surface area contributed by atoms with Gasteiger partial charge in [0.25, 0.3) is 5.91 Å². The summed E-state index contributed by atoms with van der Waals surface area (Å²) in [6.07, 6.45) is 1.55. The van der Waals surface area contributed by atoms with Crippen molar-refractivity contribution in [2.45, 2.75) is 23.8 Å². The second kappa shape index (κ2) is 5.88. The van der Waals surface area contributed by atoms with Gasteiger partial charge in [-0.05, 0) is 18.9 Å². The normalized spacial score (nSPS) is 25.5. The van der Waals surface area contributed by atoms with Gasteiger partial charge in [0.05, 0.1) is 15.7 Å². The lowest BCUT2D eigenvalue weighted by Crippen LogP contribution is -2.45. The molecule has 3 aliphatic heterocycles. The number of piperidine rings is 1. The molecule has 0 radical (unpaired) electrons. The van der Waals surface area contributed by atoms with Crippen LogP contribution in [0.4, 0.5) is 0 Å². The molecule has 23 heavy (non-hydrogen) atoms. The van der Waals surface area contributed by atoms with Crippen molar-refractivity contribution < 1.29 is 18.0 Å². The molecule has 4 heterocycles. The Morgan fingerprint density at radius 3 is 2.78 bits per heavy atom. The van der Waals surface area contributed by atoms with Crippen LogP contribution in [0.5, 0.6) is 0 Å². The number of carbonyl (C=O) groups is 2. The molecule has 3 aliphatic rings. The smallest absolute Gasteiger partial charge is 0.261 e. The van der Waals surface area contributed by atoms with Gasteiger partial charge in [-0.3, -0.25) is 9.59 Å². The highest BCUT2D eigenvalue weighted by Gasteiger charge is 2.42. The van der Waals surface area contributed by atoms with Crippen LogP contribution >= 0.6 is 11.3 Å². The fourth-order valence-corrected chi connectivity index (χ4v) is 5.89. The summed E-state index contributed by atoms with van der Waals surface area (Å²) < 4.78 is 27.1. The number of likely N-dealkylation sites (N-methyl/N-ethyl adjacent to an activating group) is 1. The van der Waals surface area contributed by atoms with E-state index in [1.165, 1.54) is 22.8 Å². The van der Waals surface area contributed by atoms with Crippen LogP contribution < -0.4 is 5.32 Å². The Morgan fingerprint density at radius 2 is 2.09 bits per heavy atom. The minimum absolute atomic E-state index is 0.0234. The molecule has 2 atom stereocenters. The van der Waals surface area contributed by atoms with Crippen LogP contribution in [-0.4, -0.2) is 62.7 Å². The van der Waals surface area contributed by atoms with E-state index in [-0.39, 0.29) is 35.2 Å². The van der Waals surface area contributed by atoms with Crippen molar-refractivity contribution in [2.75, 3.05) is 27.2 Å². The molecule has 0 saturated carbocycles. The summed E-state index contributed by atoms with van der Waals surface area (Å²) in [7, 11) is -0.450. The Kier molecular flexibility index (Phi) is 4.19. The highest BCUT2D eigenvalue weighted by Crippen LogP contribution is 2.32. The van der Waals surface area contributed by atoms with Crippen LogP contribution in [-0.2, 0) is 14.8 Å². The monoisotopic (exact) mass is 357 g/mol. The molecule has 126 valence electrons. The summed E-state index contributed by atoms with van der Waals surface area (Å²) in [6.45, 7) is 0.527. The number of amides is 2. The molecule has 0 spiro atoms. The van der Waals surface area contributed by atoms with Gasteiger partial charge in [-0.15, -0.1) is 11.3 Å². The van der Waals surface area contributed by atoms with Gasteiger partial charge in [0.1, 0.15) is 0 Å². The first-order valence-corrected chi connectivity index (χ1v) is 9.74. The predicted octanol–water partition coefficient (Wildman–Crippen LogP) is 0.349. The summed E-state index contributed by atoms with van der Waals surface area (Å²) in [6, 6.07) is 1.32. The number of thiophene rings is 1. The Morgan fingerprint density at radius 1 is 1.35 bits per heavy atom. The fourth-order valence-electron chi connectivity index (χ4n) is 3.16. The number of hydrogen-bond donors (Lipinski definition) is 1. The summed E-state index contributed by atoms with van der Waals surface area (Å²) in [5.74, 6) is -0.553. The molecule has 3 fully saturated rings. The predicted molar refractivity (Wildman–Crippen MR) is 85.8 cm³/mol. The summed E-state index contributed by atoms with van der Waals surface area (Å²) >= 11 is 1.10. The van der Waals surface area contributed by atoms with E-state index in [2.05, 4.69) is 5.32 Å². The first kappa shape index (κ1) is 16.4. The van der Waals surface area contributed by atoms with Gasteiger partial charge in [0.15, 0.2) is 0 Å². The van der Waals surface area contributed by atoms with Crippen LogP contribution in [0.1, 0.15) is 22.5 Å². The van der Waals surface area contributed by atoms with Gasteiger partial charge in [-0.1, -0.05) is 0 Å². The molecule has 3 saturated heterocycles. The third kappa shape index (κ3) is 2.77. The standard InChI is InChI=1S/C14H19N3O4S2/c1-15-13(18)12-5-11(8-22-12)23(20,21)17-6-9-3-4-10(7-17)16(2)14(9)19/h5,8-10H,3-4,6-7H2,1-2H3,(H,15,18)/t9-,10+/m1/s1. The quantitative estimate of drug-likeness (QED) is 0.846. The minimum atomic E-state index is -3.69. The maximum atomic E-state index is 12.9. The number of nitrogens with one attached hydrogen (secondary N) is 1. The molecule has 1 aromatic heterocycles. The SMILES string of the molecule is CNC(=O)c1cc(S(=O)(=O)N2C[C@H]3CC[C@@H](C2)N(C)C3=O)cs1. The van der Waals surface area contributed by atoms with Gasteiger partial charge in [0, 0.05) is 38.6 Å². The third-order valence-electron chi connectivity index (χ3n) is 4.60. The second-order valence-corrected chi connectivity index (χ2v) is 8.77. The average Bonchev–Trinajstić information content (AvgIpc) is 2.88. The van der Waals surface area contributed by atoms with Crippen LogP contribution in [0.3, 0.4) is 0 Å². The fraction of sp³-hybridized carbons (Fsp3) is 0.571. The van der Waals surface area contributed by atoms with E-state index in [1.807, 2.05) is 0 Å². The van der Waals surface area contributed by atoms with Gasteiger partial charge in [-0.2, -0.15) is 4.31 Å². The van der Waals surface area contributed by atoms with E-state index in [9.17, 15) is 18.0 Å². The van der Waals surface area contributed by atoms with Crippen molar-refractivity contribution in [2.24, 2.45) is 5.92 Å². The number of sulfonamides is 1. The minimum Gasteiger partial charge on any atom is -0.354 e. The molecule has 0 aliphatic carbocycles. The number of nitrogens with zero attached hydrogens (tertiary/aromatic N) is 2. The second-order valence-electron chi connectivity index (χ2n) is 5.93. The number of hydrogen-bond acceptors (Lipinski definition) is 5.